The Kier molecular flexibility index (Phi) is 10.3. The Morgan fingerprint density at radius 2 is 1.60 bits per heavy atom. The molecule has 1 aliphatic carbocycles. The number of non-ortho nitro benzene ring substituents is 1. The highest BCUT2D eigenvalue weighted by Crippen LogP contribution is 2.28. The number of hydrogen-bond donors (Lipinski definition) is 1. The molecule has 10 nitrogen and oxygen atoms in total. The van der Waals surface area contributed by atoms with Gasteiger partial charge in [-0.3, -0.25) is 24.0 Å². The summed E-state index contributed by atoms with van der Waals surface area (Å²) in [5.41, 5.74) is 0.441. The molecule has 222 valence electrons. The fourth-order valence-corrected chi connectivity index (χ4v) is 6.68. The average molecular weight is 593 g/mol. The van der Waals surface area contributed by atoms with Gasteiger partial charge in [-0.2, -0.15) is 0 Å². The molecule has 0 unspecified atom stereocenters. The molecule has 3 aromatic rings. The molecule has 3 aromatic carbocycles. The molecular formula is C31H36N4O6S. The summed E-state index contributed by atoms with van der Waals surface area (Å²) >= 11 is 0. The number of anilines is 1. The Morgan fingerprint density at radius 1 is 0.952 bits per heavy atom. The molecule has 1 saturated carbocycles. The molecule has 0 aliphatic heterocycles. The molecule has 0 radical (unpaired) electrons. The third-order valence-electron chi connectivity index (χ3n) is 7.47. The third kappa shape index (κ3) is 7.52. The normalized spacial score (nSPS) is 14.5. The van der Waals surface area contributed by atoms with E-state index in [4.69, 9.17) is 0 Å². The molecular weight excluding hydrogens is 556 g/mol. The zero-order valence-electron chi connectivity index (χ0n) is 23.6. The Morgan fingerprint density at radius 3 is 2.21 bits per heavy atom. The van der Waals surface area contributed by atoms with Gasteiger partial charge < -0.3 is 10.2 Å². The minimum absolute atomic E-state index is 0.0271. The fourth-order valence-electron chi connectivity index (χ4n) is 5.25. The number of carbonyl (C=O) groups is 2. The monoisotopic (exact) mass is 592 g/mol. The van der Waals surface area contributed by atoms with Crippen molar-refractivity contribution in [3.8, 4) is 0 Å². The van der Waals surface area contributed by atoms with Crippen molar-refractivity contribution in [2.45, 2.75) is 69.0 Å². The van der Waals surface area contributed by atoms with Crippen molar-refractivity contribution in [1.29, 1.82) is 0 Å². The molecule has 4 rings (SSSR count). The van der Waals surface area contributed by atoms with Crippen LogP contribution in [-0.4, -0.2) is 48.7 Å². The third-order valence-corrected chi connectivity index (χ3v) is 9.26. The number of sulfonamides is 1. The molecule has 0 saturated heterocycles. The maximum absolute atomic E-state index is 14.1. The minimum atomic E-state index is -4.31. The molecule has 11 heteroatoms. The number of benzene rings is 3. The summed E-state index contributed by atoms with van der Waals surface area (Å²) in [6.07, 6.45) is 5.27. The number of nitrogens with one attached hydrogen (secondary N) is 1. The van der Waals surface area contributed by atoms with Crippen LogP contribution in [0.2, 0.25) is 0 Å². The van der Waals surface area contributed by atoms with Gasteiger partial charge in [-0.25, -0.2) is 8.42 Å². The minimum Gasteiger partial charge on any atom is -0.352 e. The van der Waals surface area contributed by atoms with Crippen molar-refractivity contribution in [3.63, 3.8) is 0 Å². The second-order valence-corrected chi connectivity index (χ2v) is 12.2. The van der Waals surface area contributed by atoms with Crippen LogP contribution in [0.1, 0.15) is 51.0 Å². The summed E-state index contributed by atoms with van der Waals surface area (Å²) < 4.78 is 28.6. The predicted octanol–water partition coefficient (Wildman–Crippen LogP) is 5.05. The number of rotatable bonds is 12. The predicted molar refractivity (Wildman–Crippen MR) is 160 cm³/mol. The average Bonchev–Trinajstić information content (AvgIpc) is 3.01. The first kappa shape index (κ1) is 30.7. The van der Waals surface area contributed by atoms with E-state index in [0.717, 1.165) is 48.0 Å². The van der Waals surface area contributed by atoms with Gasteiger partial charge in [0.25, 0.3) is 15.7 Å². The highest BCUT2D eigenvalue weighted by atomic mass is 32.2. The van der Waals surface area contributed by atoms with Gasteiger partial charge >= 0.3 is 0 Å². The second-order valence-electron chi connectivity index (χ2n) is 10.4. The van der Waals surface area contributed by atoms with E-state index in [9.17, 15) is 28.1 Å². The molecule has 2 amide bonds. The number of nitro benzene ring substituents is 1. The van der Waals surface area contributed by atoms with Crippen LogP contribution >= 0.6 is 0 Å². The van der Waals surface area contributed by atoms with Gasteiger partial charge in [0, 0.05) is 24.7 Å². The molecule has 42 heavy (non-hydrogen) atoms. The van der Waals surface area contributed by atoms with Gasteiger partial charge in [-0.15, -0.1) is 0 Å². The van der Waals surface area contributed by atoms with Gasteiger partial charge in [0.15, 0.2) is 0 Å². The molecule has 1 atom stereocenters. The van der Waals surface area contributed by atoms with E-state index in [2.05, 4.69) is 5.32 Å². The molecule has 0 bridgehead atoms. The summed E-state index contributed by atoms with van der Waals surface area (Å²) in [6.45, 7) is 1.25. The van der Waals surface area contributed by atoms with Gasteiger partial charge in [-0.05, 0) is 43.0 Å². The Hall–Kier alpha value is -4.25. The largest absolute Gasteiger partial charge is 0.352 e. The van der Waals surface area contributed by atoms with Gasteiger partial charge in [0.2, 0.25) is 11.8 Å². The van der Waals surface area contributed by atoms with Crippen LogP contribution in [0, 0.1) is 10.1 Å². The van der Waals surface area contributed by atoms with Crippen molar-refractivity contribution < 1.29 is 22.9 Å². The van der Waals surface area contributed by atoms with Crippen LogP contribution in [0.4, 0.5) is 11.4 Å². The molecule has 1 aliphatic rings. The van der Waals surface area contributed by atoms with Crippen LogP contribution in [-0.2, 0) is 26.2 Å². The van der Waals surface area contributed by atoms with Crippen molar-refractivity contribution in [3.05, 3.63) is 101 Å². The lowest BCUT2D eigenvalue weighted by Crippen LogP contribution is -2.54. The van der Waals surface area contributed by atoms with Crippen molar-refractivity contribution in [2.75, 3.05) is 10.8 Å². The maximum atomic E-state index is 14.1. The summed E-state index contributed by atoms with van der Waals surface area (Å²) in [5.74, 6) is -0.878. The number of carbonyl (C=O) groups excluding carboxylic acids is 2. The van der Waals surface area contributed by atoms with E-state index >= 15 is 0 Å². The fraction of sp³-hybridized carbons (Fsp3) is 0.355. The topological polar surface area (TPSA) is 130 Å². The Balaban J connectivity index is 1.71. The number of nitro groups is 1. The van der Waals surface area contributed by atoms with E-state index < -0.39 is 33.4 Å². The Labute approximate surface area is 246 Å². The standard InChI is InChI=1S/C31H36N4O6S/c1-2-29(31(37)32-25-15-8-4-9-16-25)33(22-24-13-6-3-7-14-24)30(36)23-34(26-17-12-18-27(21-26)35(38)39)42(40,41)28-19-10-5-11-20-28/h3,5-7,10-14,17-21,25,29H,2,4,8-9,15-16,22-23H2,1H3,(H,32,37)/t29-/m0/s1. The van der Waals surface area contributed by atoms with E-state index in [0.29, 0.717) is 6.42 Å². The molecule has 1 N–H and O–H groups in total. The van der Waals surface area contributed by atoms with Crippen molar-refractivity contribution in [2.24, 2.45) is 0 Å². The van der Waals surface area contributed by atoms with E-state index in [-0.39, 0.29) is 34.8 Å². The summed E-state index contributed by atoms with van der Waals surface area (Å²) in [6, 6.07) is 21.1. The van der Waals surface area contributed by atoms with Crippen LogP contribution < -0.4 is 9.62 Å². The Bertz CT molecular complexity index is 1480. The van der Waals surface area contributed by atoms with Gasteiger partial charge in [0.1, 0.15) is 12.6 Å². The van der Waals surface area contributed by atoms with Crippen molar-refractivity contribution >= 4 is 33.2 Å². The van der Waals surface area contributed by atoms with Crippen molar-refractivity contribution in [1.82, 2.24) is 10.2 Å². The zero-order valence-corrected chi connectivity index (χ0v) is 24.4. The first-order chi connectivity index (χ1) is 20.2. The zero-order chi connectivity index (χ0) is 30.1. The number of hydrogen-bond acceptors (Lipinski definition) is 6. The SMILES string of the molecule is CC[C@@H](C(=O)NC1CCCCC1)N(Cc1ccccc1)C(=O)CN(c1cccc([N+](=O)[O-])c1)S(=O)(=O)c1ccccc1. The lowest BCUT2D eigenvalue weighted by molar-refractivity contribution is -0.384. The first-order valence-electron chi connectivity index (χ1n) is 14.2. The smallest absolute Gasteiger partial charge is 0.271 e. The van der Waals surface area contributed by atoms with Gasteiger partial charge in [0.05, 0.1) is 15.5 Å². The first-order valence-corrected chi connectivity index (χ1v) is 15.6. The molecule has 0 heterocycles. The lowest BCUT2D eigenvalue weighted by atomic mass is 9.95. The quantitative estimate of drug-likeness (QED) is 0.232. The number of amides is 2. The van der Waals surface area contributed by atoms with Crippen LogP contribution in [0.5, 0.6) is 0 Å². The van der Waals surface area contributed by atoms with Crippen LogP contribution in [0.3, 0.4) is 0 Å². The molecule has 0 spiro atoms. The van der Waals surface area contributed by atoms with E-state index in [1.165, 1.54) is 35.2 Å². The van der Waals surface area contributed by atoms with E-state index in [1.807, 2.05) is 37.3 Å². The van der Waals surface area contributed by atoms with Crippen LogP contribution in [0.15, 0.2) is 89.8 Å². The summed E-state index contributed by atoms with van der Waals surface area (Å²) in [7, 11) is -4.31. The van der Waals surface area contributed by atoms with Gasteiger partial charge in [-0.1, -0.05) is 80.8 Å². The highest BCUT2D eigenvalue weighted by Gasteiger charge is 2.34. The maximum Gasteiger partial charge on any atom is 0.271 e. The molecule has 0 aromatic heterocycles. The second kappa shape index (κ2) is 14.1. The van der Waals surface area contributed by atoms with E-state index in [1.54, 1.807) is 18.2 Å². The highest BCUT2D eigenvalue weighted by molar-refractivity contribution is 7.92. The number of nitrogens with zero attached hydrogens (tertiary/aromatic N) is 3. The summed E-state index contributed by atoms with van der Waals surface area (Å²) in [5, 5.41) is 14.6. The summed E-state index contributed by atoms with van der Waals surface area (Å²) in [4.78, 5) is 39.9. The lowest BCUT2D eigenvalue weighted by Gasteiger charge is -2.34. The van der Waals surface area contributed by atoms with Crippen LogP contribution in [0.25, 0.3) is 0 Å². The molecule has 1 fully saturated rings.